The van der Waals surface area contributed by atoms with Crippen molar-refractivity contribution in [2.45, 2.75) is 46.4 Å². The third kappa shape index (κ3) is 4.56. The van der Waals surface area contributed by atoms with E-state index in [0.29, 0.717) is 10.3 Å². The first-order valence-corrected chi connectivity index (χ1v) is 15.4. The van der Waals surface area contributed by atoms with Crippen LogP contribution in [0.5, 0.6) is 0 Å². The lowest BCUT2D eigenvalue weighted by atomic mass is 9.72. The van der Waals surface area contributed by atoms with E-state index in [1.54, 1.807) is 36.4 Å². The van der Waals surface area contributed by atoms with Gasteiger partial charge in [0.1, 0.15) is 0 Å². The number of H-pyrrole nitrogens is 1. The van der Waals surface area contributed by atoms with Gasteiger partial charge >= 0.3 is 39.6 Å². The number of carbonyl (C=O) groups excluding carboxylic acids is 2. The quantitative estimate of drug-likeness (QED) is 0.194. The maximum Gasteiger partial charge on any atom is 0.448 e. The molecule has 0 bridgehead atoms. The fourth-order valence-corrected chi connectivity index (χ4v) is 9.23. The molecule has 5 rings (SSSR count). The van der Waals surface area contributed by atoms with Crippen LogP contribution in [0, 0.1) is 10.8 Å². The number of nitrogens with zero attached hydrogens (tertiary/aromatic N) is 5. The predicted molar refractivity (Wildman–Crippen MR) is 172 cm³/mol. The summed E-state index contributed by atoms with van der Waals surface area (Å²) in [6, 6.07) is 16.0. The summed E-state index contributed by atoms with van der Waals surface area (Å²) in [5, 5.41) is 2.48. The molecule has 1 atom stereocenters. The number of nitrogens with one attached hydrogen (secondary N) is 1. The second-order valence-electron chi connectivity index (χ2n) is 12.6. The Morgan fingerprint density at radius 2 is 1.15 bits per heavy atom. The molecule has 0 fully saturated rings. The summed E-state index contributed by atoms with van der Waals surface area (Å²) in [5.74, 6) is -2.58. The molecule has 0 aliphatic carbocycles. The number of aromatic nitrogens is 6. The minimum absolute atomic E-state index is 0.0175. The molecule has 46 heavy (non-hydrogen) atoms. The molecule has 1 N–H and O–H groups in total. The van der Waals surface area contributed by atoms with Gasteiger partial charge in [0.05, 0.1) is 25.6 Å². The lowest BCUT2D eigenvalue weighted by Crippen LogP contribution is -2.59. The van der Waals surface area contributed by atoms with Gasteiger partial charge in [0.25, 0.3) is 5.03 Å². The molecular weight excluding hydrogens is 616 g/mol. The summed E-state index contributed by atoms with van der Waals surface area (Å²) in [6.07, 6.45) is 0. The number of fused-ring (bicyclic) bond motifs is 1. The van der Waals surface area contributed by atoms with Crippen molar-refractivity contribution in [3.8, 4) is 11.4 Å². The molecule has 2 aromatic carbocycles. The van der Waals surface area contributed by atoms with E-state index in [4.69, 9.17) is 9.47 Å². The topological polar surface area (TPSA) is 161 Å². The monoisotopic (exact) mass is 651 g/mol. The van der Waals surface area contributed by atoms with Crippen molar-refractivity contribution in [1.29, 1.82) is 0 Å². The summed E-state index contributed by atoms with van der Waals surface area (Å²) in [4.78, 5) is 82.3. The van der Waals surface area contributed by atoms with Crippen LogP contribution in [0.4, 0.5) is 0 Å². The van der Waals surface area contributed by atoms with E-state index >= 15 is 0 Å². The Kier molecular flexibility index (Phi) is 7.79. The normalized spacial score (nSPS) is 15.8. The molecule has 2 aromatic heterocycles. The van der Waals surface area contributed by atoms with Crippen LogP contribution in [0.1, 0.15) is 41.5 Å². The maximum atomic E-state index is 14.5. The second kappa shape index (κ2) is 11.1. The molecule has 242 valence electrons. The van der Waals surface area contributed by atoms with E-state index < -0.39 is 61.5 Å². The van der Waals surface area contributed by atoms with Crippen molar-refractivity contribution in [2.75, 3.05) is 14.2 Å². The molecule has 1 unspecified atom stereocenters. The Labute approximate surface area is 265 Å². The van der Waals surface area contributed by atoms with Gasteiger partial charge in [0.2, 0.25) is 11.1 Å². The van der Waals surface area contributed by atoms with E-state index in [1.165, 1.54) is 24.3 Å². The fraction of sp³-hybridized carbons (Fsp3) is 0.355. The third-order valence-corrected chi connectivity index (χ3v) is 9.94. The van der Waals surface area contributed by atoms with Gasteiger partial charge in [-0.1, -0.05) is 77.9 Å². The molecule has 0 radical (unpaired) electrons. The van der Waals surface area contributed by atoms with Crippen LogP contribution in [-0.4, -0.2) is 53.8 Å². The molecule has 14 nitrogen and oxygen atoms in total. The largest absolute Gasteiger partial charge is 0.463 e. The highest BCUT2D eigenvalue weighted by Gasteiger charge is 2.78. The SMILES string of the molecule is COC(=O)C1(C(=O)OC)n2c(=O)n(-c3ccccc3)c(=O)n2C(=C(C(C)(C)C)C(C)(C)C)[S+]1n1[nH]c(=O)n(-c2ccccc2)c1=O. The van der Waals surface area contributed by atoms with Gasteiger partial charge in [0.15, 0.2) is 0 Å². The standard InChI is InChI=1S/C31H34N6O8S/c1-29(2,3)21(30(4,5)6)22-35-26(41)34(20-17-13-10-14-18-20)27(42)36(35)31(23(38)44-7,24(39)45-8)46(22)37-28(43)33(25(40)32-37)19-15-11-9-12-16-19/h9-18H,1-8H3/p+1. The van der Waals surface area contributed by atoms with Crippen molar-refractivity contribution in [1.82, 2.24) is 27.7 Å². The summed E-state index contributed by atoms with van der Waals surface area (Å²) in [5.41, 5.74) is -4.52. The number of rotatable bonds is 5. The number of para-hydroxylation sites is 2. The van der Waals surface area contributed by atoms with Gasteiger partial charge < -0.3 is 9.47 Å². The second-order valence-corrected chi connectivity index (χ2v) is 14.5. The summed E-state index contributed by atoms with van der Waals surface area (Å²) in [7, 11) is 2.01. The molecule has 0 saturated heterocycles. The Hall–Kier alpha value is -5.05. The van der Waals surface area contributed by atoms with Crippen LogP contribution in [0.25, 0.3) is 16.4 Å². The number of carbonyl (C=O) groups is 2. The summed E-state index contributed by atoms with van der Waals surface area (Å²) < 4.78 is 14.5. The van der Waals surface area contributed by atoms with E-state index in [0.717, 1.165) is 32.1 Å². The van der Waals surface area contributed by atoms with Gasteiger partial charge in [-0.15, -0.1) is 9.36 Å². The number of hydrogen-bond acceptors (Lipinski definition) is 8. The van der Waals surface area contributed by atoms with Crippen LogP contribution in [0.2, 0.25) is 0 Å². The Balaban J connectivity index is 2.10. The van der Waals surface area contributed by atoms with Crippen molar-refractivity contribution in [3.63, 3.8) is 0 Å². The lowest BCUT2D eigenvalue weighted by Gasteiger charge is -2.33. The Morgan fingerprint density at radius 3 is 1.59 bits per heavy atom. The Morgan fingerprint density at radius 1 is 0.696 bits per heavy atom. The number of esters is 2. The molecule has 1 aliphatic heterocycles. The zero-order valence-electron chi connectivity index (χ0n) is 26.7. The minimum Gasteiger partial charge on any atom is -0.463 e. The van der Waals surface area contributed by atoms with Crippen molar-refractivity contribution >= 4 is 28.0 Å². The molecular formula is C31H35N6O8S+. The van der Waals surface area contributed by atoms with Crippen molar-refractivity contribution in [3.05, 3.63) is 108 Å². The molecule has 15 heteroatoms. The van der Waals surface area contributed by atoms with Gasteiger partial charge in [-0.2, -0.15) is 0 Å². The van der Waals surface area contributed by atoms with Crippen LogP contribution < -0.4 is 22.8 Å². The predicted octanol–water partition coefficient (Wildman–Crippen LogP) is 1.80. The van der Waals surface area contributed by atoms with E-state index in [2.05, 4.69) is 5.10 Å². The average molecular weight is 652 g/mol. The molecule has 0 saturated carbocycles. The number of benzene rings is 2. The minimum atomic E-state index is -2.80. The van der Waals surface area contributed by atoms with Crippen molar-refractivity contribution < 1.29 is 19.1 Å². The summed E-state index contributed by atoms with van der Waals surface area (Å²) in [6.45, 7) is 11.2. The van der Waals surface area contributed by atoms with Crippen molar-refractivity contribution in [2.24, 2.45) is 10.8 Å². The van der Waals surface area contributed by atoms with Gasteiger partial charge in [-0.25, -0.2) is 43.0 Å². The molecule has 1 aliphatic rings. The van der Waals surface area contributed by atoms with Crippen LogP contribution in [0.15, 0.2) is 85.4 Å². The average Bonchev–Trinajstić information content (AvgIpc) is 3.56. The van der Waals surface area contributed by atoms with Gasteiger partial charge in [-0.05, 0) is 39.2 Å². The highest BCUT2D eigenvalue weighted by Crippen LogP contribution is 2.50. The fourth-order valence-electron chi connectivity index (χ4n) is 6.17. The van der Waals surface area contributed by atoms with Gasteiger partial charge in [0, 0.05) is 5.57 Å². The van der Waals surface area contributed by atoms with E-state index in [9.17, 15) is 28.8 Å². The number of hydrogen-bond donors (Lipinski definition) is 1. The van der Waals surface area contributed by atoms with E-state index in [1.807, 2.05) is 41.5 Å². The number of allylic oxidation sites excluding steroid dienone is 1. The van der Waals surface area contributed by atoms with Gasteiger partial charge in [-0.3, -0.25) is 0 Å². The first kappa shape index (κ1) is 32.3. The molecule has 4 aromatic rings. The van der Waals surface area contributed by atoms with Crippen LogP contribution in [-0.2, 0) is 35.0 Å². The molecule has 0 amide bonds. The Bertz CT molecular complexity index is 2080. The maximum absolute atomic E-state index is 14.5. The first-order valence-electron chi connectivity index (χ1n) is 14.2. The molecule has 0 spiro atoms. The highest BCUT2D eigenvalue weighted by atomic mass is 32.2. The third-order valence-electron chi connectivity index (χ3n) is 7.51. The number of ether oxygens (including phenoxy) is 2. The highest BCUT2D eigenvalue weighted by molar-refractivity contribution is 8.06. The first-order chi connectivity index (χ1) is 21.5. The summed E-state index contributed by atoms with van der Waals surface area (Å²) >= 11 is -2.26. The smallest absolute Gasteiger partial charge is 0.448 e. The number of methoxy groups -OCH3 is 2. The zero-order chi connectivity index (χ0) is 33.9. The van der Waals surface area contributed by atoms with Crippen LogP contribution in [0.3, 0.4) is 0 Å². The van der Waals surface area contributed by atoms with E-state index in [-0.39, 0.29) is 16.4 Å². The molecule has 3 heterocycles. The lowest BCUT2D eigenvalue weighted by molar-refractivity contribution is -0.161. The number of aromatic amines is 1. The van der Waals surface area contributed by atoms with Crippen LogP contribution >= 0.6 is 0 Å². The zero-order valence-corrected chi connectivity index (χ0v) is 27.5.